The predicted octanol–water partition coefficient (Wildman–Crippen LogP) is 1.42. The first-order chi connectivity index (χ1) is 7.26. The first kappa shape index (κ1) is 12.5. The molecule has 15 heavy (non-hydrogen) atoms. The van der Waals surface area contributed by atoms with Gasteiger partial charge in [-0.2, -0.15) is 0 Å². The Hall–Kier alpha value is -0.550. The van der Waals surface area contributed by atoms with Crippen LogP contribution in [-0.4, -0.2) is 31.5 Å². The molecule has 0 aliphatic carbocycles. The number of hydrogen-bond donors (Lipinski definition) is 2. The Bertz CT molecular complexity index is 271. The van der Waals surface area contributed by atoms with Crippen molar-refractivity contribution in [2.75, 3.05) is 20.3 Å². The average Bonchev–Trinajstić information content (AvgIpc) is 2.61. The molecule has 1 atom stereocenters. The molecule has 1 rings (SSSR count). The molecule has 5 heteroatoms. The highest BCUT2D eigenvalue weighted by atomic mass is 35.5. The van der Waals surface area contributed by atoms with Crippen LogP contribution in [0.5, 0.6) is 0 Å². The van der Waals surface area contributed by atoms with E-state index in [1.54, 1.807) is 13.2 Å². The third-order valence-electron chi connectivity index (χ3n) is 2.04. The minimum atomic E-state index is 0.129. The summed E-state index contributed by atoms with van der Waals surface area (Å²) in [6.45, 7) is 1.29. The van der Waals surface area contributed by atoms with E-state index in [2.05, 4.69) is 5.32 Å². The lowest BCUT2D eigenvalue weighted by atomic mass is 10.2. The maximum absolute atomic E-state index is 8.82. The molecule has 4 nitrogen and oxygen atoms in total. The molecule has 0 aromatic carbocycles. The molecule has 0 radical (unpaired) electrons. The molecular formula is C10H16ClNO3. The molecular weight excluding hydrogens is 218 g/mol. The summed E-state index contributed by atoms with van der Waals surface area (Å²) in [6.07, 6.45) is 0.655. The third kappa shape index (κ3) is 4.66. The Morgan fingerprint density at radius 2 is 2.40 bits per heavy atom. The van der Waals surface area contributed by atoms with E-state index >= 15 is 0 Å². The molecule has 0 aliphatic rings. The van der Waals surface area contributed by atoms with Crippen LogP contribution >= 0.6 is 11.6 Å². The fraction of sp³-hybridized carbons (Fsp3) is 0.600. The zero-order valence-corrected chi connectivity index (χ0v) is 9.46. The van der Waals surface area contributed by atoms with Crippen LogP contribution < -0.4 is 5.32 Å². The van der Waals surface area contributed by atoms with Gasteiger partial charge in [0, 0.05) is 19.8 Å². The number of hydrogen-bond acceptors (Lipinski definition) is 4. The molecule has 2 N–H and O–H groups in total. The summed E-state index contributed by atoms with van der Waals surface area (Å²) in [7, 11) is 1.63. The standard InChI is InChI=1S/C10H16ClNO3/c1-14-7-8(4-5-13)12-6-9-2-3-10(11)15-9/h2-3,8,12-13H,4-7H2,1H3. The van der Waals surface area contributed by atoms with Crippen molar-refractivity contribution in [3.63, 3.8) is 0 Å². The smallest absolute Gasteiger partial charge is 0.193 e. The van der Waals surface area contributed by atoms with Gasteiger partial charge in [-0.05, 0) is 30.2 Å². The number of halogens is 1. The van der Waals surface area contributed by atoms with Crippen LogP contribution in [0.1, 0.15) is 12.2 Å². The van der Waals surface area contributed by atoms with E-state index < -0.39 is 0 Å². The van der Waals surface area contributed by atoms with Gasteiger partial charge < -0.3 is 19.6 Å². The number of aliphatic hydroxyl groups is 1. The predicted molar refractivity (Wildman–Crippen MR) is 57.9 cm³/mol. The summed E-state index contributed by atoms with van der Waals surface area (Å²) in [5.74, 6) is 0.777. The van der Waals surface area contributed by atoms with E-state index in [-0.39, 0.29) is 12.6 Å². The van der Waals surface area contributed by atoms with E-state index in [4.69, 9.17) is 25.9 Å². The minimum Gasteiger partial charge on any atom is -0.448 e. The van der Waals surface area contributed by atoms with Crippen LogP contribution in [0.25, 0.3) is 0 Å². The lowest BCUT2D eigenvalue weighted by Crippen LogP contribution is -2.33. The topological polar surface area (TPSA) is 54.6 Å². The molecule has 0 aliphatic heterocycles. The molecule has 0 spiro atoms. The first-order valence-electron chi connectivity index (χ1n) is 4.83. The van der Waals surface area contributed by atoms with Crippen LogP contribution in [0.15, 0.2) is 16.5 Å². The lowest BCUT2D eigenvalue weighted by molar-refractivity contribution is 0.147. The molecule has 1 unspecified atom stereocenters. The molecule has 1 aromatic heterocycles. The van der Waals surface area contributed by atoms with Crippen LogP contribution in [0, 0.1) is 0 Å². The van der Waals surface area contributed by atoms with Crippen molar-refractivity contribution in [3.05, 3.63) is 23.1 Å². The lowest BCUT2D eigenvalue weighted by Gasteiger charge is -2.15. The Morgan fingerprint density at radius 3 is 2.93 bits per heavy atom. The van der Waals surface area contributed by atoms with Gasteiger partial charge in [-0.15, -0.1) is 0 Å². The van der Waals surface area contributed by atoms with Crippen LogP contribution in [0.2, 0.25) is 5.22 Å². The quantitative estimate of drug-likeness (QED) is 0.748. The molecule has 0 amide bonds. The van der Waals surface area contributed by atoms with Crippen molar-refractivity contribution in [2.24, 2.45) is 0 Å². The molecule has 0 saturated heterocycles. The fourth-order valence-corrected chi connectivity index (χ4v) is 1.46. The van der Waals surface area contributed by atoms with Gasteiger partial charge in [0.2, 0.25) is 0 Å². The summed E-state index contributed by atoms with van der Waals surface area (Å²) in [6, 6.07) is 3.65. The Kier molecular flexibility index (Phi) is 5.71. The van der Waals surface area contributed by atoms with Crippen molar-refractivity contribution < 1.29 is 14.3 Å². The molecule has 0 saturated carbocycles. The first-order valence-corrected chi connectivity index (χ1v) is 5.21. The number of methoxy groups -OCH3 is 1. The van der Waals surface area contributed by atoms with Gasteiger partial charge in [-0.25, -0.2) is 0 Å². The zero-order valence-electron chi connectivity index (χ0n) is 8.70. The van der Waals surface area contributed by atoms with Crippen molar-refractivity contribution in [3.8, 4) is 0 Å². The largest absolute Gasteiger partial charge is 0.448 e. The summed E-state index contributed by atoms with van der Waals surface area (Å²) in [5.41, 5.74) is 0. The highest BCUT2D eigenvalue weighted by Gasteiger charge is 2.08. The van der Waals surface area contributed by atoms with E-state index in [0.717, 1.165) is 5.76 Å². The van der Waals surface area contributed by atoms with Crippen LogP contribution in [-0.2, 0) is 11.3 Å². The number of aliphatic hydroxyl groups excluding tert-OH is 1. The summed E-state index contributed by atoms with van der Waals surface area (Å²) < 4.78 is 10.2. The normalized spacial score (nSPS) is 13.0. The maximum atomic E-state index is 8.82. The third-order valence-corrected chi connectivity index (χ3v) is 2.24. The van der Waals surface area contributed by atoms with Crippen molar-refractivity contribution in [1.29, 1.82) is 0 Å². The van der Waals surface area contributed by atoms with Crippen LogP contribution in [0.3, 0.4) is 0 Å². The van der Waals surface area contributed by atoms with E-state index in [1.165, 1.54) is 0 Å². The van der Waals surface area contributed by atoms with Gasteiger partial charge in [0.15, 0.2) is 5.22 Å². The molecule has 86 valence electrons. The Labute approximate surface area is 94.2 Å². The minimum absolute atomic E-state index is 0.129. The highest BCUT2D eigenvalue weighted by Crippen LogP contribution is 2.12. The van der Waals surface area contributed by atoms with Gasteiger partial charge in [-0.1, -0.05) is 0 Å². The second kappa shape index (κ2) is 6.85. The summed E-state index contributed by atoms with van der Waals surface area (Å²) >= 11 is 5.64. The summed E-state index contributed by atoms with van der Waals surface area (Å²) in [4.78, 5) is 0. The summed E-state index contributed by atoms with van der Waals surface area (Å²) in [5, 5.41) is 12.4. The Balaban J connectivity index is 2.32. The number of furan rings is 1. The highest BCUT2D eigenvalue weighted by molar-refractivity contribution is 6.28. The zero-order chi connectivity index (χ0) is 11.1. The maximum Gasteiger partial charge on any atom is 0.193 e. The van der Waals surface area contributed by atoms with Gasteiger partial charge in [0.25, 0.3) is 0 Å². The van der Waals surface area contributed by atoms with Gasteiger partial charge in [-0.3, -0.25) is 0 Å². The number of nitrogens with one attached hydrogen (secondary N) is 1. The molecule has 0 fully saturated rings. The van der Waals surface area contributed by atoms with E-state index in [9.17, 15) is 0 Å². The number of rotatable bonds is 7. The second-order valence-corrected chi connectivity index (χ2v) is 3.62. The monoisotopic (exact) mass is 233 g/mol. The van der Waals surface area contributed by atoms with E-state index in [0.29, 0.717) is 24.8 Å². The van der Waals surface area contributed by atoms with Crippen molar-refractivity contribution in [2.45, 2.75) is 19.0 Å². The SMILES string of the molecule is COCC(CCO)NCc1ccc(Cl)o1. The molecule has 0 bridgehead atoms. The fourth-order valence-electron chi connectivity index (χ4n) is 1.29. The van der Waals surface area contributed by atoms with Crippen LogP contribution in [0.4, 0.5) is 0 Å². The van der Waals surface area contributed by atoms with Crippen molar-refractivity contribution >= 4 is 11.6 Å². The van der Waals surface area contributed by atoms with Gasteiger partial charge >= 0.3 is 0 Å². The molecule has 1 heterocycles. The number of ether oxygens (including phenoxy) is 1. The Morgan fingerprint density at radius 1 is 1.60 bits per heavy atom. The average molecular weight is 234 g/mol. The van der Waals surface area contributed by atoms with Gasteiger partial charge in [0.1, 0.15) is 5.76 Å². The second-order valence-electron chi connectivity index (χ2n) is 3.25. The van der Waals surface area contributed by atoms with E-state index in [1.807, 2.05) is 6.07 Å². The molecule has 1 aromatic rings. The van der Waals surface area contributed by atoms with Gasteiger partial charge in [0.05, 0.1) is 13.2 Å². The van der Waals surface area contributed by atoms with Crippen molar-refractivity contribution in [1.82, 2.24) is 5.32 Å².